The van der Waals surface area contributed by atoms with E-state index in [0.29, 0.717) is 13.1 Å². The van der Waals surface area contributed by atoms with Crippen molar-refractivity contribution in [1.82, 2.24) is 9.80 Å². The molecule has 2 amide bonds. The van der Waals surface area contributed by atoms with Gasteiger partial charge in [0, 0.05) is 25.2 Å². The topological polar surface area (TPSA) is 40.6 Å². The molecule has 0 aliphatic carbocycles. The highest BCUT2D eigenvalue weighted by Gasteiger charge is 2.53. The van der Waals surface area contributed by atoms with Crippen LogP contribution in [-0.4, -0.2) is 46.8 Å². The Morgan fingerprint density at radius 1 is 0.789 bits per heavy atom. The number of rotatable bonds is 0. The van der Waals surface area contributed by atoms with E-state index in [4.69, 9.17) is 0 Å². The van der Waals surface area contributed by atoms with Crippen molar-refractivity contribution in [3.05, 3.63) is 24.3 Å². The SMILES string of the molecule is O=C1[C@@H]2C[C@@H](C(=O)N3CC=CC[C@@H]23)[C@@H]2CC=CCN12. The van der Waals surface area contributed by atoms with Crippen molar-refractivity contribution in [3.63, 3.8) is 0 Å². The molecule has 0 N–H and O–H groups in total. The predicted octanol–water partition coefficient (Wildman–Crippen LogP) is 0.950. The van der Waals surface area contributed by atoms with Crippen LogP contribution in [0.2, 0.25) is 0 Å². The third-order valence-electron chi connectivity index (χ3n) is 5.13. The first-order valence-electron chi connectivity index (χ1n) is 7.18. The summed E-state index contributed by atoms with van der Waals surface area (Å²) < 4.78 is 0. The first-order valence-corrected chi connectivity index (χ1v) is 7.18. The smallest absolute Gasteiger partial charge is 0.228 e. The second-order valence-corrected chi connectivity index (χ2v) is 5.98. The van der Waals surface area contributed by atoms with Gasteiger partial charge in [-0.15, -0.1) is 0 Å². The molecule has 0 radical (unpaired) electrons. The lowest BCUT2D eigenvalue weighted by atomic mass is 9.71. The Balaban J connectivity index is 1.75. The van der Waals surface area contributed by atoms with Crippen molar-refractivity contribution in [2.75, 3.05) is 13.1 Å². The second-order valence-electron chi connectivity index (χ2n) is 5.98. The average molecular weight is 258 g/mol. The summed E-state index contributed by atoms with van der Waals surface area (Å²) in [6.45, 7) is 1.37. The number of hydrogen-bond donors (Lipinski definition) is 0. The summed E-state index contributed by atoms with van der Waals surface area (Å²) in [6.07, 6.45) is 10.8. The van der Waals surface area contributed by atoms with Crippen molar-refractivity contribution < 1.29 is 9.59 Å². The molecule has 0 unspecified atom stereocenters. The third-order valence-corrected chi connectivity index (χ3v) is 5.13. The van der Waals surface area contributed by atoms with E-state index in [2.05, 4.69) is 24.3 Å². The van der Waals surface area contributed by atoms with E-state index in [1.54, 1.807) is 0 Å². The number of fused-ring (bicyclic) bond motifs is 6. The van der Waals surface area contributed by atoms with Gasteiger partial charge in [-0.05, 0) is 19.3 Å². The van der Waals surface area contributed by atoms with Gasteiger partial charge in [0.15, 0.2) is 0 Å². The summed E-state index contributed by atoms with van der Waals surface area (Å²) in [5.74, 6) is 0.581. The average Bonchev–Trinajstić information content (AvgIpc) is 2.47. The fourth-order valence-corrected chi connectivity index (χ4v) is 4.19. The van der Waals surface area contributed by atoms with Gasteiger partial charge in [-0.2, -0.15) is 0 Å². The van der Waals surface area contributed by atoms with Crippen LogP contribution in [0.4, 0.5) is 0 Å². The van der Waals surface area contributed by atoms with Crippen LogP contribution in [0.15, 0.2) is 24.3 Å². The van der Waals surface area contributed by atoms with E-state index in [1.165, 1.54) is 0 Å². The molecule has 4 aliphatic rings. The molecule has 0 aromatic rings. The highest BCUT2D eigenvalue weighted by Crippen LogP contribution is 2.42. The minimum atomic E-state index is 0.0235. The highest BCUT2D eigenvalue weighted by molar-refractivity contribution is 5.90. The monoisotopic (exact) mass is 258 g/mol. The van der Waals surface area contributed by atoms with Crippen LogP contribution in [0, 0.1) is 11.8 Å². The summed E-state index contributed by atoms with van der Waals surface area (Å²) in [7, 11) is 0. The van der Waals surface area contributed by atoms with Crippen LogP contribution in [0.5, 0.6) is 0 Å². The van der Waals surface area contributed by atoms with Gasteiger partial charge >= 0.3 is 0 Å². The Bertz CT molecular complexity index is 452. The number of carbonyl (C=O) groups excluding carboxylic acids is 2. The first kappa shape index (κ1) is 11.3. The number of nitrogens with zero attached hydrogens (tertiary/aromatic N) is 2. The number of amides is 2. The van der Waals surface area contributed by atoms with Crippen molar-refractivity contribution in [2.45, 2.75) is 31.3 Å². The van der Waals surface area contributed by atoms with Crippen molar-refractivity contribution in [2.24, 2.45) is 11.8 Å². The maximum absolute atomic E-state index is 12.7. The molecule has 2 fully saturated rings. The Morgan fingerprint density at radius 2 is 1.26 bits per heavy atom. The molecular weight excluding hydrogens is 240 g/mol. The maximum atomic E-state index is 12.7. The predicted molar refractivity (Wildman–Crippen MR) is 70.1 cm³/mol. The van der Waals surface area contributed by atoms with Gasteiger partial charge in [-0.25, -0.2) is 0 Å². The van der Waals surface area contributed by atoms with Crippen LogP contribution < -0.4 is 0 Å². The van der Waals surface area contributed by atoms with E-state index < -0.39 is 0 Å². The highest BCUT2D eigenvalue weighted by atomic mass is 16.2. The van der Waals surface area contributed by atoms with Gasteiger partial charge in [0.1, 0.15) is 0 Å². The number of hydrogen-bond acceptors (Lipinski definition) is 2. The summed E-state index contributed by atoms with van der Waals surface area (Å²) >= 11 is 0. The first-order chi connectivity index (χ1) is 9.27. The Kier molecular flexibility index (Phi) is 2.34. The lowest BCUT2D eigenvalue weighted by Gasteiger charge is -2.54. The Labute approximate surface area is 112 Å². The number of carbonyl (C=O) groups is 2. The standard InChI is InChI=1S/C15H18N2O2/c18-14-10-9-11(13-6-2-4-8-17(13)14)15(19)16-7-3-1-5-12(10)16/h1-4,10-13H,5-9H2/t10-,11-,12+,13+/m1/s1. The quantitative estimate of drug-likeness (QED) is 0.607. The molecule has 4 atom stereocenters. The summed E-state index contributed by atoms with van der Waals surface area (Å²) in [6, 6.07) is 0.209. The van der Waals surface area contributed by atoms with E-state index in [9.17, 15) is 9.59 Å². The molecule has 4 rings (SSSR count). The summed E-state index contributed by atoms with van der Waals surface area (Å²) in [5, 5.41) is 0. The molecule has 0 saturated carbocycles. The van der Waals surface area contributed by atoms with Crippen molar-refractivity contribution in [1.29, 1.82) is 0 Å². The van der Waals surface area contributed by atoms with E-state index in [0.717, 1.165) is 19.3 Å². The van der Waals surface area contributed by atoms with Gasteiger partial charge in [-0.3, -0.25) is 9.59 Å². The van der Waals surface area contributed by atoms with Crippen molar-refractivity contribution >= 4 is 11.8 Å². The molecule has 0 aromatic carbocycles. The normalized spacial score (nSPS) is 40.2. The van der Waals surface area contributed by atoms with Gasteiger partial charge in [0.2, 0.25) is 11.8 Å². The third kappa shape index (κ3) is 1.46. The molecule has 4 heterocycles. The molecule has 0 spiro atoms. The van der Waals surface area contributed by atoms with Crippen molar-refractivity contribution in [3.8, 4) is 0 Å². The van der Waals surface area contributed by atoms with Gasteiger partial charge in [0.25, 0.3) is 0 Å². The maximum Gasteiger partial charge on any atom is 0.228 e. The zero-order valence-corrected chi connectivity index (χ0v) is 10.9. The molecule has 2 bridgehead atoms. The molecule has 4 nitrogen and oxygen atoms in total. The van der Waals surface area contributed by atoms with Crippen LogP contribution in [-0.2, 0) is 9.59 Å². The van der Waals surface area contributed by atoms with E-state index in [-0.39, 0.29) is 35.7 Å². The van der Waals surface area contributed by atoms with Crippen LogP contribution in [0.25, 0.3) is 0 Å². The minimum Gasteiger partial charge on any atom is -0.335 e. The van der Waals surface area contributed by atoms with Gasteiger partial charge in [0.05, 0.1) is 11.8 Å². The van der Waals surface area contributed by atoms with Gasteiger partial charge in [-0.1, -0.05) is 24.3 Å². The summed E-state index contributed by atoms with van der Waals surface area (Å²) in [5.41, 5.74) is 0. The van der Waals surface area contributed by atoms with Crippen LogP contribution >= 0.6 is 0 Å². The fourth-order valence-electron chi connectivity index (χ4n) is 4.19. The zero-order chi connectivity index (χ0) is 13.0. The molecule has 2 saturated heterocycles. The molecule has 0 aromatic heterocycles. The summed E-state index contributed by atoms with van der Waals surface area (Å²) in [4.78, 5) is 29.2. The minimum absolute atomic E-state index is 0.0235. The number of piperidine rings is 2. The van der Waals surface area contributed by atoms with Crippen LogP contribution in [0.3, 0.4) is 0 Å². The fraction of sp³-hybridized carbons (Fsp3) is 0.600. The lowest BCUT2D eigenvalue weighted by Crippen LogP contribution is -2.66. The molecular formula is C15H18N2O2. The van der Waals surface area contributed by atoms with Gasteiger partial charge < -0.3 is 9.80 Å². The lowest BCUT2D eigenvalue weighted by molar-refractivity contribution is -0.166. The molecule has 100 valence electrons. The Hall–Kier alpha value is -1.58. The Morgan fingerprint density at radius 3 is 1.74 bits per heavy atom. The largest absolute Gasteiger partial charge is 0.335 e. The van der Waals surface area contributed by atoms with E-state index >= 15 is 0 Å². The van der Waals surface area contributed by atoms with E-state index in [1.807, 2.05) is 9.80 Å². The van der Waals surface area contributed by atoms with Crippen LogP contribution in [0.1, 0.15) is 19.3 Å². The second kappa shape index (κ2) is 3.95. The molecule has 19 heavy (non-hydrogen) atoms. The molecule has 4 aliphatic heterocycles. The zero-order valence-electron chi connectivity index (χ0n) is 10.9. The molecule has 4 heteroatoms.